The van der Waals surface area contributed by atoms with E-state index in [1.54, 1.807) is 25.1 Å². The molecule has 0 bridgehead atoms. The minimum atomic E-state index is -3.61. The number of ether oxygens (including phenoxy) is 1. The molecule has 0 amide bonds. The van der Waals surface area contributed by atoms with Crippen LogP contribution in [0.5, 0.6) is 5.75 Å². The van der Waals surface area contributed by atoms with Gasteiger partial charge in [0, 0.05) is 13.1 Å². The number of methoxy groups -OCH3 is 1. The number of piperidine rings is 1. The molecule has 6 heteroatoms. The van der Waals surface area contributed by atoms with E-state index in [9.17, 15) is 13.5 Å². The van der Waals surface area contributed by atoms with Crippen LogP contribution in [-0.4, -0.2) is 43.6 Å². The predicted octanol–water partition coefficient (Wildman–Crippen LogP) is 1.79. The Kier molecular flexibility index (Phi) is 4.33. The fraction of sp³-hybridized carbons (Fsp3) is 0.600. The molecule has 0 spiro atoms. The van der Waals surface area contributed by atoms with Crippen molar-refractivity contribution >= 4 is 10.0 Å². The lowest BCUT2D eigenvalue weighted by Crippen LogP contribution is -2.50. The van der Waals surface area contributed by atoms with Gasteiger partial charge in [-0.05, 0) is 43.9 Å². The molecule has 5 nitrogen and oxygen atoms in total. The molecule has 1 heterocycles. The second-order valence-electron chi connectivity index (χ2n) is 6.03. The van der Waals surface area contributed by atoms with Gasteiger partial charge in [-0.2, -0.15) is 4.31 Å². The molecular formula is C15H23NO4S. The molecule has 1 aliphatic heterocycles. The SMILES string of the molecule is COc1cc(C)ccc1S(=O)(=O)N1CC[C@@](C)(O)[C@@H](C)C1. The lowest BCUT2D eigenvalue weighted by Gasteiger charge is -2.40. The predicted molar refractivity (Wildman–Crippen MR) is 80.9 cm³/mol. The Morgan fingerprint density at radius 2 is 2.10 bits per heavy atom. The first-order chi connectivity index (χ1) is 9.68. The summed E-state index contributed by atoms with van der Waals surface area (Å²) < 4.78 is 32.2. The molecule has 0 aliphatic carbocycles. The molecule has 1 aliphatic rings. The van der Waals surface area contributed by atoms with E-state index >= 15 is 0 Å². The van der Waals surface area contributed by atoms with Crippen molar-refractivity contribution < 1.29 is 18.3 Å². The number of aryl methyl sites for hydroxylation is 1. The standard InChI is InChI=1S/C15H23NO4S/c1-11-5-6-14(13(9-11)20-4)21(18,19)16-8-7-15(3,17)12(2)10-16/h5-6,9,12,17H,7-8,10H2,1-4H3/t12-,15+/m0/s1. The van der Waals surface area contributed by atoms with Gasteiger partial charge in [0.25, 0.3) is 0 Å². The average molecular weight is 313 g/mol. The number of nitrogens with zero attached hydrogens (tertiary/aromatic N) is 1. The fourth-order valence-corrected chi connectivity index (χ4v) is 4.20. The summed E-state index contributed by atoms with van der Waals surface area (Å²) in [6.07, 6.45) is 0.432. The molecule has 2 rings (SSSR count). The van der Waals surface area contributed by atoms with Gasteiger partial charge < -0.3 is 9.84 Å². The minimum absolute atomic E-state index is 0.113. The van der Waals surface area contributed by atoms with Crippen molar-refractivity contribution in [3.05, 3.63) is 23.8 Å². The highest BCUT2D eigenvalue weighted by Gasteiger charge is 2.39. The summed E-state index contributed by atoms with van der Waals surface area (Å²) in [7, 11) is -2.14. The molecule has 0 unspecified atom stereocenters. The monoisotopic (exact) mass is 313 g/mol. The van der Waals surface area contributed by atoms with Crippen molar-refractivity contribution in [1.82, 2.24) is 4.31 Å². The van der Waals surface area contributed by atoms with E-state index in [0.29, 0.717) is 25.3 Å². The Morgan fingerprint density at radius 3 is 2.67 bits per heavy atom. The molecule has 0 radical (unpaired) electrons. The van der Waals surface area contributed by atoms with Gasteiger partial charge in [0.05, 0.1) is 12.7 Å². The highest BCUT2D eigenvalue weighted by molar-refractivity contribution is 7.89. The Balaban J connectivity index is 2.35. The maximum absolute atomic E-state index is 12.8. The summed E-state index contributed by atoms with van der Waals surface area (Å²) in [5, 5.41) is 10.2. The van der Waals surface area contributed by atoms with Crippen LogP contribution in [0.2, 0.25) is 0 Å². The van der Waals surface area contributed by atoms with Gasteiger partial charge in [-0.3, -0.25) is 0 Å². The largest absolute Gasteiger partial charge is 0.495 e. The van der Waals surface area contributed by atoms with E-state index in [0.717, 1.165) is 5.56 Å². The normalized spacial score (nSPS) is 27.6. The van der Waals surface area contributed by atoms with Crippen LogP contribution in [0, 0.1) is 12.8 Å². The highest BCUT2D eigenvalue weighted by atomic mass is 32.2. The van der Waals surface area contributed by atoms with Crippen LogP contribution in [0.3, 0.4) is 0 Å². The molecule has 1 fully saturated rings. The zero-order valence-corrected chi connectivity index (χ0v) is 13.8. The Hall–Kier alpha value is -1.11. The van der Waals surface area contributed by atoms with E-state index in [2.05, 4.69) is 0 Å². The van der Waals surface area contributed by atoms with Crippen molar-refractivity contribution in [1.29, 1.82) is 0 Å². The lowest BCUT2D eigenvalue weighted by atomic mass is 9.85. The summed E-state index contributed by atoms with van der Waals surface area (Å²) >= 11 is 0. The molecule has 118 valence electrons. The number of hydrogen-bond acceptors (Lipinski definition) is 4. The Morgan fingerprint density at radius 1 is 1.43 bits per heavy atom. The maximum atomic E-state index is 12.8. The number of hydrogen-bond donors (Lipinski definition) is 1. The van der Waals surface area contributed by atoms with Crippen LogP contribution in [0.1, 0.15) is 25.8 Å². The zero-order valence-electron chi connectivity index (χ0n) is 13.0. The van der Waals surface area contributed by atoms with E-state index < -0.39 is 15.6 Å². The fourth-order valence-electron chi connectivity index (χ4n) is 2.54. The van der Waals surface area contributed by atoms with Crippen LogP contribution in [0.25, 0.3) is 0 Å². The molecule has 21 heavy (non-hydrogen) atoms. The minimum Gasteiger partial charge on any atom is -0.495 e. The summed E-state index contributed by atoms with van der Waals surface area (Å²) in [4.78, 5) is 0.185. The summed E-state index contributed by atoms with van der Waals surface area (Å²) in [6, 6.07) is 5.07. The second-order valence-corrected chi connectivity index (χ2v) is 7.93. The third-order valence-corrected chi connectivity index (χ3v) is 6.25. The second kappa shape index (κ2) is 5.59. The van der Waals surface area contributed by atoms with Crippen molar-refractivity contribution in [2.24, 2.45) is 5.92 Å². The van der Waals surface area contributed by atoms with Gasteiger partial charge in [-0.1, -0.05) is 13.0 Å². The van der Waals surface area contributed by atoms with E-state index in [-0.39, 0.29) is 10.8 Å². The molecule has 1 aromatic carbocycles. The molecular weight excluding hydrogens is 290 g/mol. The van der Waals surface area contributed by atoms with Gasteiger partial charge in [0.1, 0.15) is 10.6 Å². The third kappa shape index (κ3) is 3.07. The van der Waals surface area contributed by atoms with Crippen LogP contribution >= 0.6 is 0 Å². The molecule has 1 saturated heterocycles. The smallest absolute Gasteiger partial charge is 0.246 e. The van der Waals surface area contributed by atoms with Crippen LogP contribution in [0.4, 0.5) is 0 Å². The van der Waals surface area contributed by atoms with Gasteiger partial charge in [0.15, 0.2) is 0 Å². The van der Waals surface area contributed by atoms with Gasteiger partial charge in [-0.15, -0.1) is 0 Å². The van der Waals surface area contributed by atoms with Crippen LogP contribution in [0.15, 0.2) is 23.1 Å². The summed E-state index contributed by atoms with van der Waals surface area (Å²) in [5.74, 6) is 0.248. The van der Waals surface area contributed by atoms with Gasteiger partial charge in [-0.25, -0.2) is 8.42 Å². The van der Waals surface area contributed by atoms with Crippen molar-refractivity contribution in [2.75, 3.05) is 20.2 Å². The van der Waals surface area contributed by atoms with Crippen molar-refractivity contribution in [2.45, 2.75) is 37.7 Å². The summed E-state index contributed by atoms with van der Waals surface area (Å²) in [5.41, 5.74) is 0.129. The molecule has 2 atom stereocenters. The van der Waals surface area contributed by atoms with Crippen LogP contribution < -0.4 is 4.74 Å². The third-order valence-electron chi connectivity index (χ3n) is 4.34. The maximum Gasteiger partial charge on any atom is 0.246 e. The van der Waals surface area contributed by atoms with Gasteiger partial charge in [0.2, 0.25) is 10.0 Å². The Labute approximate surface area is 126 Å². The lowest BCUT2D eigenvalue weighted by molar-refractivity contribution is -0.0333. The average Bonchev–Trinajstić information content (AvgIpc) is 2.41. The van der Waals surface area contributed by atoms with Gasteiger partial charge >= 0.3 is 0 Å². The van der Waals surface area contributed by atoms with Crippen LogP contribution in [-0.2, 0) is 10.0 Å². The number of benzene rings is 1. The first-order valence-electron chi connectivity index (χ1n) is 7.05. The van der Waals surface area contributed by atoms with E-state index in [4.69, 9.17) is 4.74 Å². The Bertz CT molecular complexity index is 625. The zero-order chi connectivity index (χ0) is 15.8. The number of rotatable bonds is 3. The van der Waals surface area contributed by atoms with Crippen molar-refractivity contribution in [3.63, 3.8) is 0 Å². The quantitative estimate of drug-likeness (QED) is 0.924. The first kappa shape index (κ1) is 16.3. The van der Waals surface area contributed by atoms with E-state index in [1.807, 2.05) is 13.8 Å². The first-order valence-corrected chi connectivity index (χ1v) is 8.49. The van der Waals surface area contributed by atoms with Crippen molar-refractivity contribution in [3.8, 4) is 5.75 Å². The number of sulfonamides is 1. The summed E-state index contributed by atoms with van der Waals surface area (Å²) in [6.45, 7) is 6.14. The van der Waals surface area contributed by atoms with E-state index in [1.165, 1.54) is 11.4 Å². The highest BCUT2D eigenvalue weighted by Crippen LogP contribution is 2.33. The topological polar surface area (TPSA) is 66.8 Å². The number of aliphatic hydroxyl groups is 1. The molecule has 1 N–H and O–H groups in total. The molecule has 0 saturated carbocycles. The molecule has 1 aromatic rings. The molecule has 0 aromatic heterocycles.